The van der Waals surface area contributed by atoms with Crippen LogP contribution in [-0.4, -0.2) is 37.1 Å². The summed E-state index contributed by atoms with van der Waals surface area (Å²) < 4.78 is 15.1. The van der Waals surface area contributed by atoms with Gasteiger partial charge in [-0.2, -0.15) is 0 Å². The predicted octanol–water partition coefficient (Wildman–Crippen LogP) is -0.128. The fourth-order valence-corrected chi connectivity index (χ4v) is 2.70. The zero-order valence-corrected chi connectivity index (χ0v) is 15.3. The molecular weight excluding hydrogens is 358 g/mol. The Hall–Kier alpha value is -3.43. The van der Waals surface area contributed by atoms with E-state index < -0.39 is 30.4 Å². The number of rotatable bonds is 5. The van der Waals surface area contributed by atoms with Crippen LogP contribution < -0.4 is 10.0 Å². The van der Waals surface area contributed by atoms with Gasteiger partial charge in [0, 0.05) is 17.5 Å². The molecule has 0 aromatic carbocycles. The molecule has 144 valence electrons. The van der Waals surface area contributed by atoms with E-state index in [0.29, 0.717) is 16.1 Å². The fourth-order valence-electron chi connectivity index (χ4n) is 2.70. The third kappa shape index (κ3) is 4.05. The van der Waals surface area contributed by atoms with E-state index in [1.165, 1.54) is 18.5 Å². The van der Waals surface area contributed by atoms with E-state index in [4.69, 9.17) is 14.2 Å². The molecule has 2 rings (SSSR count). The lowest BCUT2D eigenvalue weighted by atomic mass is 9.85. The molecule has 1 aliphatic rings. The average molecular weight is 377 g/mol. The van der Waals surface area contributed by atoms with Crippen LogP contribution in [-0.2, 0) is 35.2 Å². The van der Waals surface area contributed by atoms with Crippen molar-refractivity contribution in [2.24, 2.45) is 5.92 Å². The van der Waals surface area contributed by atoms with Gasteiger partial charge < -0.3 is 24.7 Å². The van der Waals surface area contributed by atoms with Gasteiger partial charge in [0.25, 0.3) is 0 Å². The number of nitrogens with one attached hydrogen (secondary N) is 1. The average Bonchev–Trinajstić information content (AvgIpc) is 2.65. The number of carbonyl (C=O) groups is 3. The van der Waals surface area contributed by atoms with Crippen molar-refractivity contribution in [1.29, 1.82) is 0 Å². The van der Waals surface area contributed by atoms with Gasteiger partial charge in [0.1, 0.15) is 12.1 Å². The summed E-state index contributed by atoms with van der Waals surface area (Å²) in [6.45, 7) is 2.69. The standard InChI is InChI=1S/C17H19N3O7/c1-9-12(15(21)25-3)14(13(10(2)19-9)16(22)26-4)17(23)27-8-11-18-6-5-7-20(11)24/h5-7,14,19H,8H2,1-4H3. The second kappa shape index (κ2) is 8.30. The summed E-state index contributed by atoms with van der Waals surface area (Å²) in [4.78, 5) is 41.0. The van der Waals surface area contributed by atoms with Crippen LogP contribution in [0.2, 0.25) is 0 Å². The minimum absolute atomic E-state index is 0.0552. The van der Waals surface area contributed by atoms with E-state index in [0.717, 1.165) is 14.2 Å². The van der Waals surface area contributed by atoms with Crippen molar-refractivity contribution in [3.63, 3.8) is 0 Å². The molecule has 0 spiro atoms. The molecule has 0 bridgehead atoms. The molecule has 0 saturated carbocycles. The Morgan fingerprint density at radius 1 is 1.15 bits per heavy atom. The topological polar surface area (TPSA) is 131 Å². The lowest BCUT2D eigenvalue weighted by Gasteiger charge is -2.28. The molecule has 1 aromatic heterocycles. The molecule has 0 radical (unpaired) electrons. The van der Waals surface area contributed by atoms with Gasteiger partial charge in [0.15, 0.2) is 6.61 Å². The van der Waals surface area contributed by atoms with Crippen LogP contribution in [0.5, 0.6) is 0 Å². The Bertz CT molecular complexity index is 807. The first kappa shape index (κ1) is 19.9. The van der Waals surface area contributed by atoms with Gasteiger partial charge >= 0.3 is 23.7 Å². The number of methoxy groups -OCH3 is 2. The largest absolute Gasteiger partial charge is 0.711 e. The molecule has 0 unspecified atom stereocenters. The number of nitrogens with zero attached hydrogens (tertiary/aromatic N) is 2. The molecule has 1 aromatic rings. The fraction of sp³-hybridized carbons (Fsp3) is 0.353. The van der Waals surface area contributed by atoms with E-state index in [1.54, 1.807) is 13.8 Å². The van der Waals surface area contributed by atoms with Crippen LogP contribution in [0.15, 0.2) is 41.0 Å². The SMILES string of the molecule is COC(=O)C1=C(C)NC(C)=C(C(=O)OC)C1C(=O)OCc1nccc[n+]1[O-]. The van der Waals surface area contributed by atoms with Gasteiger partial charge in [-0.1, -0.05) is 0 Å². The van der Waals surface area contributed by atoms with Crippen LogP contribution in [0.3, 0.4) is 0 Å². The maximum atomic E-state index is 12.8. The highest BCUT2D eigenvalue weighted by atomic mass is 16.5. The maximum absolute atomic E-state index is 12.8. The molecule has 0 fully saturated rings. The van der Waals surface area contributed by atoms with E-state index in [1.807, 2.05) is 0 Å². The Labute approximate surface area is 155 Å². The van der Waals surface area contributed by atoms with Crippen LogP contribution in [0.4, 0.5) is 0 Å². The number of hydrogen-bond acceptors (Lipinski definition) is 9. The summed E-state index contributed by atoms with van der Waals surface area (Å²) in [5.41, 5.74) is 0.519. The number of carbonyl (C=O) groups excluding carboxylic acids is 3. The monoisotopic (exact) mass is 377 g/mol. The highest BCUT2D eigenvalue weighted by Crippen LogP contribution is 2.32. The first-order valence-corrected chi connectivity index (χ1v) is 7.86. The normalized spacial score (nSPS) is 14.5. The number of dihydropyridines is 1. The third-order valence-electron chi connectivity index (χ3n) is 3.94. The lowest BCUT2D eigenvalue weighted by Crippen LogP contribution is -2.39. The van der Waals surface area contributed by atoms with Crippen molar-refractivity contribution in [2.75, 3.05) is 14.2 Å². The quantitative estimate of drug-likeness (QED) is 0.323. The summed E-state index contributed by atoms with van der Waals surface area (Å²) in [6.07, 6.45) is 2.57. The van der Waals surface area contributed by atoms with E-state index in [2.05, 4.69) is 10.3 Å². The first-order valence-electron chi connectivity index (χ1n) is 7.86. The van der Waals surface area contributed by atoms with Crippen molar-refractivity contribution in [1.82, 2.24) is 10.3 Å². The molecule has 2 heterocycles. The van der Waals surface area contributed by atoms with Gasteiger partial charge in [0.05, 0.1) is 31.6 Å². The van der Waals surface area contributed by atoms with Crippen molar-refractivity contribution in [2.45, 2.75) is 20.5 Å². The molecule has 1 aliphatic heterocycles. The second-order valence-electron chi connectivity index (χ2n) is 5.59. The highest BCUT2D eigenvalue weighted by molar-refractivity contribution is 6.05. The van der Waals surface area contributed by atoms with Gasteiger partial charge in [0.2, 0.25) is 0 Å². The Morgan fingerprint density at radius 3 is 2.19 bits per heavy atom. The summed E-state index contributed by atoms with van der Waals surface area (Å²) >= 11 is 0. The molecule has 0 aliphatic carbocycles. The van der Waals surface area contributed by atoms with Gasteiger partial charge in [-0.05, 0) is 18.8 Å². The first-order chi connectivity index (χ1) is 12.8. The van der Waals surface area contributed by atoms with Crippen LogP contribution in [0.25, 0.3) is 0 Å². The number of esters is 3. The minimum atomic E-state index is -1.37. The smallest absolute Gasteiger partial charge is 0.339 e. The Morgan fingerprint density at radius 2 is 1.70 bits per heavy atom. The van der Waals surface area contributed by atoms with Gasteiger partial charge in [-0.25, -0.2) is 14.3 Å². The molecule has 27 heavy (non-hydrogen) atoms. The Kier molecular flexibility index (Phi) is 6.11. The lowest BCUT2D eigenvalue weighted by molar-refractivity contribution is -0.620. The summed E-state index contributed by atoms with van der Waals surface area (Å²) in [5.74, 6) is -3.93. The zero-order valence-electron chi connectivity index (χ0n) is 15.3. The van der Waals surface area contributed by atoms with Crippen molar-refractivity contribution >= 4 is 17.9 Å². The van der Waals surface area contributed by atoms with Crippen LogP contribution >= 0.6 is 0 Å². The highest BCUT2D eigenvalue weighted by Gasteiger charge is 2.42. The number of ether oxygens (including phenoxy) is 3. The number of allylic oxidation sites excluding steroid dienone is 2. The third-order valence-corrected chi connectivity index (χ3v) is 3.94. The molecule has 10 nitrogen and oxygen atoms in total. The molecule has 10 heteroatoms. The van der Waals surface area contributed by atoms with Crippen molar-refractivity contribution < 1.29 is 33.3 Å². The summed E-state index contributed by atoms with van der Waals surface area (Å²) in [5, 5.41) is 14.5. The van der Waals surface area contributed by atoms with E-state index in [-0.39, 0.29) is 17.0 Å². The van der Waals surface area contributed by atoms with Crippen LogP contribution in [0.1, 0.15) is 19.7 Å². The number of hydrogen-bond donors (Lipinski definition) is 1. The summed E-state index contributed by atoms with van der Waals surface area (Å²) in [6, 6.07) is 1.42. The van der Waals surface area contributed by atoms with E-state index >= 15 is 0 Å². The van der Waals surface area contributed by atoms with Gasteiger partial charge in [-0.3, -0.25) is 4.79 Å². The van der Waals surface area contributed by atoms with Crippen LogP contribution in [0, 0.1) is 11.1 Å². The molecule has 1 N–H and O–H groups in total. The van der Waals surface area contributed by atoms with Crippen molar-refractivity contribution in [3.05, 3.63) is 52.0 Å². The minimum Gasteiger partial charge on any atom is -0.711 e. The second-order valence-corrected chi connectivity index (χ2v) is 5.59. The van der Waals surface area contributed by atoms with E-state index in [9.17, 15) is 19.6 Å². The molecule has 0 atom stereocenters. The van der Waals surface area contributed by atoms with Crippen molar-refractivity contribution in [3.8, 4) is 0 Å². The molecule has 0 amide bonds. The Balaban J connectivity index is 2.39. The maximum Gasteiger partial charge on any atom is 0.339 e. The van der Waals surface area contributed by atoms with Gasteiger partial charge in [-0.15, -0.1) is 0 Å². The number of aromatic nitrogens is 2. The summed E-state index contributed by atoms with van der Waals surface area (Å²) in [7, 11) is 2.31. The molecule has 0 saturated heterocycles. The zero-order chi connectivity index (χ0) is 20.1. The molecular formula is C17H19N3O7. The predicted molar refractivity (Wildman–Crippen MR) is 89.1 cm³/mol.